The first-order valence-corrected chi connectivity index (χ1v) is 10.2. The minimum atomic E-state index is 0.0990. The number of rotatable bonds is 5. The lowest BCUT2D eigenvalue weighted by molar-refractivity contribution is 0.287. The van der Waals surface area contributed by atoms with E-state index in [-0.39, 0.29) is 12.1 Å². The predicted molar refractivity (Wildman–Crippen MR) is 109 cm³/mol. The lowest BCUT2D eigenvalue weighted by Gasteiger charge is -2.28. The van der Waals surface area contributed by atoms with Crippen molar-refractivity contribution in [2.45, 2.75) is 57.7 Å². The summed E-state index contributed by atoms with van der Waals surface area (Å²) in [6.07, 6.45) is 11.8. The van der Waals surface area contributed by atoms with E-state index in [1.807, 2.05) is 12.3 Å². The van der Waals surface area contributed by atoms with Gasteiger partial charge in [0.05, 0.1) is 17.8 Å². The molecule has 5 heteroatoms. The first-order chi connectivity index (χ1) is 12.6. The zero-order valence-electron chi connectivity index (χ0n) is 15.6. The van der Waals surface area contributed by atoms with Crippen LogP contribution in [0.3, 0.4) is 0 Å². The molecule has 4 nitrogen and oxygen atoms in total. The highest BCUT2D eigenvalue weighted by atomic mass is 32.1. The fourth-order valence-corrected chi connectivity index (χ4v) is 4.71. The highest BCUT2D eigenvalue weighted by molar-refractivity contribution is 7.80. The van der Waals surface area contributed by atoms with Crippen molar-refractivity contribution in [3.05, 3.63) is 54.1 Å². The number of nitrogens with one attached hydrogen (secondary N) is 1. The van der Waals surface area contributed by atoms with Crippen LogP contribution in [0.5, 0.6) is 0 Å². The van der Waals surface area contributed by atoms with Gasteiger partial charge in [-0.05, 0) is 54.7 Å². The van der Waals surface area contributed by atoms with Gasteiger partial charge in [-0.3, -0.25) is 4.98 Å². The van der Waals surface area contributed by atoms with Crippen LogP contribution in [0, 0.1) is 5.92 Å². The molecule has 0 aromatic carbocycles. The van der Waals surface area contributed by atoms with Gasteiger partial charge < -0.3 is 14.8 Å². The van der Waals surface area contributed by atoms with Crippen LogP contribution in [-0.4, -0.2) is 26.1 Å². The van der Waals surface area contributed by atoms with E-state index in [2.05, 4.69) is 64.2 Å². The maximum absolute atomic E-state index is 5.71. The van der Waals surface area contributed by atoms with Gasteiger partial charge in [-0.25, -0.2) is 0 Å². The van der Waals surface area contributed by atoms with E-state index in [4.69, 9.17) is 12.2 Å². The van der Waals surface area contributed by atoms with Crippen LogP contribution in [-0.2, 0) is 0 Å². The van der Waals surface area contributed by atoms with Gasteiger partial charge >= 0.3 is 0 Å². The van der Waals surface area contributed by atoms with Gasteiger partial charge in [-0.2, -0.15) is 0 Å². The molecular weight excluding hydrogens is 340 g/mol. The maximum atomic E-state index is 5.71. The molecule has 2 aromatic rings. The van der Waals surface area contributed by atoms with Crippen molar-refractivity contribution in [3.8, 4) is 0 Å². The number of hydrogen-bond donors (Lipinski definition) is 1. The predicted octanol–water partition coefficient (Wildman–Crippen LogP) is 4.63. The summed E-state index contributed by atoms with van der Waals surface area (Å²) in [7, 11) is 0. The number of hydrogen-bond acceptors (Lipinski definition) is 2. The molecule has 0 unspecified atom stereocenters. The standard InChI is InChI=1S/C21H28N4S/c1-15(2)13-25-20(16-10-12-24(14-16)17-7-3-4-8-17)19(23-21(25)26)18-9-5-6-11-22-18/h5-6,9-12,14-15,17,19-20H,3-4,7-8,13H2,1-2H3,(H,23,26)/t19-,20+/m1/s1. The quantitative estimate of drug-likeness (QED) is 0.780. The smallest absolute Gasteiger partial charge is 0.170 e. The van der Waals surface area contributed by atoms with E-state index in [0.717, 1.165) is 17.4 Å². The molecule has 138 valence electrons. The van der Waals surface area contributed by atoms with E-state index >= 15 is 0 Å². The van der Waals surface area contributed by atoms with Gasteiger partial charge in [-0.1, -0.05) is 32.8 Å². The Morgan fingerprint density at radius 2 is 2.04 bits per heavy atom. The summed E-state index contributed by atoms with van der Waals surface area (Å²) in [5.41, 5.74) is 2.39. The fourth-order valence-electron chi connectivity index (χ4n) is 4.39. The highest BCUT2D eigenvalue weighted by Gasteiger charge is 2.40. The normalized spacial score (nSPS) is 23.8. The highest BCUT2D eigenvalue weighted by Crippen LogP contribution is 2.40. The van der Waals surface area contributed by atoms with Crippen molar-refractivity contribution in [2.75, 3.05) is 6.54 Å². The van der Waals surface area contributed by atoms with Crippen LogP contribution >= 0.6 is 12.2 Å². The second kappa shape index (κ2) is 7.39. The van der Waals surface area contributed by atoms with Gasteiger partial charge in [0.2, 0.25) is 0 Å². The van der Waals surface area contributed by atoms with Crippen LogP contribution in [0.2, 0.25) is 0 Å². The van der Waals surface area contributed by atoms with Crippen molar-refractivity contribution in [1.82, 2.24) is 19.8 Å². The molecule has 4 rings (SSSR count). The fraction of sp³-hybridized carbons (Fsp3) is 0.524. The molecule has 2 fully saturated rings. The summed E-state index contributed by atoms with van der Waals surface area (Å²) in [6, 6.07) is 9.36. The Morgan fingerprint density at radius 3 is 2.73 bits per heavy atom. The third kappa shape index (κ3) is 3.37. The summed E-state index contributed by atoms with van der Waals surface area (Å²) in [5.74, 6) is 0.552. The Bertz CT molecular complexity index is 748. The van der Waals surface area contributed by atoms with E-state index in [9.17, 15) is 0 Å². The molecule has 1 aliphatic carbocycles. The minimum Gasteiger partial charge on any atom is -0.352 e. The molecule has 1 saturated heterocycles. The third-order valence-corrected chi connectivity index (χ3v) is 5.94. The van der Waals surface area contributed by atoms with Crippen LogP contribution in [0.4, 0.5) is 0 Å². The molecule has 0 amide bonds. The van der Waals surface area contributed by atoms with Crippen LogP contribution < -0.4 is 5.32 Å². The summed E-state index contributed by atoms with van der Waals surface area (Å²) in [5, 5.41) is 4.38. The molecule has 1 saturated carbocycles. The van der Waals surface area contributed by atoms with Gasteiger partial charge in [0.15, 0.2) is 5.11 Å². The first kappa shape index (κ1) is 17.5. The molecule has 1 N–H and O–H groups in total. The van der Waals surface area contributed by atoms with Gasteiger partial charge in [0, 0.05) is 31.2 Å². The monoisotopic (exact) mass is 368 g/mol. The average Bonchev–Trinajstić information content (AvgIpc) is 3.36. The Kier molecular flexibility index (Phi) is 4.98. The zero-order valence-corrected chi connectivity index (χ0v) is 16.5. The summed E-state index contributed by atoms with van der Waals surface area (Å²) < 4.78 is 2.42. The third-order valence-electron chi connectivity index (χ3n) is 5.58. The summed E-state index contributed by atoms with van der Waals surface area (Å²) in [4.78, 5) is 6.97. The minimum absolute atomic E-state index is 0.0990. The van der Waals surface area contributed by atoms with E-state index in [1.54, 1.807) is 0 Å². The first-order valence-electron chi connectivity index (χ1n) is 9.79. The topological polar surface area (TPSA) is 33.1 Å². The van der Waals surface area contributed by atoms with Crippen molar-refractivity contribution < 1.29 is 0 Å². The summed E-state index contributed by atoms with van der Waals surface area (Å²) >= 11 is 5.71. The lowest BCUT2D eigenvalue weighted by Crippen LogP contribution is -2.32. The molecule has 2 atom stereocenters. The zero-order chi connectivity index (χ0) is 18.1. The molecule has 0 bridgehead atoms. The number of thiocarbonyl (C=S) groups is 1. The molecule has 0 radical (unpaired) electrons. The molecule has 26 heavy (non-hydrogen) atoms. The van der Waals surface area contributed by atoms with Crippen LogP contribution in [0.25, 0.3) is 0 Å². The molecule has 2 aromatic heterocycles. The molecule has 3 heterocycles. The average molecular weight is 369 g/mol. The van der Waals surface area contributed by atoms with Crippen LogP contribution in [0.15, 0.2) is 42.9 Å². The Morgan fingerprint density at radius 1 is 1.23 bits per heavy atom. The van der Waals surface area contributed by atoms with E-state index in [0.29, 0.717) is 12.0 Å². The van der Waals surface area contributed by atoms with Crippen molar-refractivity contribution in [1.29, 1.82) is 0 Å². The number of aromatic nitrogens is 2. The van der Waals surface area contributed by atoms with Crippen molar-refractivity contribution in [2.24, 2.45) is 5.92 Å². The Balaban J connectivity index is 1.68. The molecular formula is C21H28N4S. The van der Waals surface area contributed by atoms with E-state index < -0.39 is 0 Å². The number of nitrogens with zero attached hydrogens (tertiary/aromatic N) is 3. The molecule has 0 spiro atoms. The van der Waals surface area contributed by atoms with Crippen molar-refractivity contribution >= 4 is 17.3 Å². The second-order valence-electron chi connectivity index (χ2n) is 8.00. The molecule has 2 aliphatic rings. The van der Waals surface area contributed by atoms with E-state index in [1.165, 1.54) is 31.2 Å². The van der Waals surface area contributed by atoms with Gasteiger partial charge in [0.25, 0.3) is 0 Å². The molecule has 1 aliphatic heterocycles. The SMILES string of the molecule is CC(C)CN1C(=S)N[C@H](c2ccccn2)[C@@H]1c1ccn(C2CCCC2)c1. The second-order valence-corrected chi connectivity index (χ2v) is 8.39. The Labute approximate surface area is 161 Å². The summed E-state index contributed by atoms with van der Waals surface area (Å²) in [6.45, 7) is 5.45. The largest absolute Gasteiger partial charge is 0.352 e. The van der Waals surface area contributed by atoms with Gasteiger partial charge in [-0.15, -0.1) is 0 Å². The van der Waals surface area contributed by atoms with Crippen molar-refractivity contribution in [3.63, 3.8) is 0 Å². The van der Waals surface area contributed by atoms with Crippen LogP contribution in [0.1, 0.15) is 68.9 Å². The Hall–Kier alpha value is -1.88. The maximum Gasteiger partial charge on any atom is 0.170 e. The number of pyridine rings is 1. The van der Waals surface area contributed by atoms with Gasteiger partial charge in [0.1, 0.15) is 0 Å². The lowest BCUT2D eigenvalue weighted by atomic mass is 9.98.